The summed E-state index contributed by atoms with van der Waals surface area (Å²) < 4.78 is 5.96. The Morgan fingerprint density at radius 2 is 1.45 bits per heavy atom. The van der Waals surface area contributed by atoms with E-state index in [-0.39, 0.29) is 30.0 Å². The predicted molar refractivity (Wildman–Crippen MR) is 130 cm³/mol. The number of ketones is 1. The number of ether oxygens (including phenoxy) is 1. The van der Waals surface area contributed by atoms with Crippen molar-refractivity contribution in [2.75, 3.05) is 6.61 Å². The van der Waals surface area contributed by atoms with Crippen molar-refractivity contribution in [3.63, 3.8) is 0 Å². The first-order chi connectivity index (χ1) is 16.1. The molecule has 2 bridgehead atoms. The van der Waals surface area contributed by atoms with Crippen LogP contribution in [0.5, 0.6) is 0 Å². The Morgan fingerprint density at radius 3 is 2.00 bits per heavy atom. The van der Waals surface area contributed by atoms with Crippen LogP contribution < -0.4 is 0 Å². The van der Waals surface area contributed by atoms with Crippen LogP contribution in [0.2, 0.25) is 0 Å². The summed E-state index contributed by atoms with van der Waals surface area (Å²) in [7, 11) is 0. The number of nitrogens with zero attached hydrogens (tertiary/aromatic N) is 1. The number of carbonyl (C=O) groups is 2. The van der Waals surface area contributed by atoms with E-state index in [1.807, 2.05) is 4.90 Å². The minimum absolute atomic E-state index is 0.0816. The fourth-order valence-corrected chi connectivity index (χ4v) is 6.44. The summed E-state index contributed by atoms with van der Waals surface area (Å²) in [6.45, 7) is 4.70. The molecule has 2 aliphatic heterocycles. The van der Waals surface area contributed by atoms with Gasteiger partial charge >= 0.3 is 6.09 Å². The van der Waals surface area contributed by atoms with Gasteiger partial charge in [-0.1, -0.05) is 75.2 Å². The van der Waals surface area contributed by atoms with Crippen molar-refractivity contribution in [3.05, 3.63) is 59.7 Å². The summed E-state index contributed by atoms with van der Waals surface area (Å²) >= 11 is 0. The number of rotatable bonds is 7. The standard InChI is InChI=1S/C29H35NO3/c1-3-19(4-2)15-28(31)20-16-21-13-14-22(17-20)30(21)29(32)33-18-27-25-11-7-5-9-23(25)24-10-6-8-12-26(24)27/h5-12,19-22,27H,3-4,13-18H2,1-2H3. The molecular formula is C29H35NO3. The molecule has 2 fully saturated rings. The molecule has 0 spiro atoms. The number of hydrogen-bond donors (Lipinski definition) is 0. The van der Waals surface area contributed by atoms with Crippen molar-refractivity contribution in [1.82, 2.24) is 4.90 Å². The van der Waals surface area contributed by atoms with E-state index in [0.717, 1.165) is 38.5 Å². The van der Waals surface area contributed by atoms with Crippen LogP contribution >= 0.6 is 0 Å². The molecule has 174 valence electrons. The molecule has 2 aromatic rings. The maximum absolute atomic E-state index is 13.2. The fraction of sp³-hybridized carbons (Fsp3) is 0.517. The van der Waals surface area contributed by atoms with Crippen LogP contribution in [-0.4, -0.2) is 35.5 Å². The van der Waals surface area contributed by atoms with Gasteiger partial charge in [-0.15, -0.1) is 0 Å². The molecule has 0 aromatic heterocycles. The number of amides is 1. The third kappa shape index (κ3) is 4.09. The van der Waals surface area contributed by atoms with Crippen LogP contribution in [0.1, 0.15) is 75.8 Å². The van der Waals surface area contributed by atoms with E-state index in [0.29, 0.717) is 24.7 Å². The summed E-state index contributed by atoms with van der Waals surface area (Å²) in [6, 6.07) is 17.1. The third-order valence-electron chi connectivity index (χ3n) is 8.38. The molecule has 4 nitrogen and oxygen atoms in total. The lowest BCUT2D eigenvalue weighted by Gasteiger charge is -2.38. The van der Waals surface area contributed by atoms with Gasteiger partial charge in [0.1, 0.15) is 12.4 Å². The summed E-state index contributed by atoms with van der Waals surface area (Å²) in [6.07, 6.45) is 6.21. The van der Waals surface area contributed by atoms with E-state index in [1.54, 1.807) is 0 Å². The Kier molecular flexibility index (Phi) is 6.27. The van der Waals surface area contributed by atoms with Crippen LogP contribution in [0.4, 0.5) is 4.79 Å². The highest BCUT2D eigenvalue weighted by Gasteiger charge is 2.46. The van der Waals surface area contributed by atoms with Crippen molar-refractivity contribution >= 4 is 11.9 Å². The van der Waals surface area contributed by atoms with Gasteiger partial charge in [0, 0.05) is 30.3 Å². The zero-order chi connectivity index (χ0) is 22.9. The van der Waals surface area contributed by atoms with Crippen LogP contribution in [-0.2, 0) is 9.53 Å². The van der Waals surface area contributed by atoms with Gasteiger partial charge in [-0.3, -0.25) is 4.79 Å². The van der Waals surface area contributed by atoms with Crippen molar-refractivity contribution in [2.24, 2.45) is 11.8 Å². The molecule has 2 saturated heterocycles. The maximum Gasteiger partial charge on any atom is 0.410 e. The van der Waals surface area contributed by atoms with E-state index < -0.39 is 0 Å². The first-order valence-electron chi connectivity index (χ1n) is 12.8. The zero-order valence-corrected chi connectivity index (χ0v) is 19.8. The number of fused-ring (bicyclic) bond motifs is 5. The Morgan fingerprint density at radius 1 is 0.909 bits per heavy atom. The third-order valence-corrected chi connectivity index (χ3v) is 8.38. The van der Waals surface area contributed by atoms with E-state index in [2.05, 4.69) is 62.4 Å². The Hall–Kier alpha value is -2.62. The smallest absolute Gasteiger partial charge is 0.410 e. The largest absolute Gasteiger partial charge is 0.448 e. The average molecular weight is 446 g/mol. The number of piperidine rings is 1. The van der Waals surface area contributed by atoms with Gasteiger partial charge in [0.25, 0.3) is 0 Å². The van der Waals surface area contributed by atoms with Gasteiger partial charge in [-0.05, 0) is 53.9 Å². The number of benzene rings is 2. The lowest BCUT2D eigenvalue weighted by atomic mass is 9.83. The minimum Gasteiger partial charge on any atom is -0.448 e. The average Bonchev–Trinajstić information content (AvgIpc) is 3.31. The highest BCUT2D eigenvalue weighted by Crippen LogP contribution is 2.45. The van der Waals surface area contributed by atoms with Crippen molar-refractivity contribution < 1.29 is 14.3 Å². The molecule has 0 radical (unpaired) electrons. The lowest BCUT2D eigenvalue weighted by molar-refractivity contribution is -0.126. The van der Waals surface area contributed by atoms with Gasteiger partial charge in [-0.25, -0.2) is 4.79 Å². The number of carbonyl (C=O) groups excluding carboxylic acids is 2. The topological polar surface area (TPSA) is 46.6 Å². The van der Waals surface area contributed by atoms with Gasteiger partial charge < -0.3 is 9.64 Å². The lowest BCUT2D eigenvalue weighted by Crippen LogP contribution is -2.48. The second kappa shape index (κ2) is 9.32. The molecule has 2 atom stereocenters. The van der Waals surface area contributed by atoms with Gasteiger partial charge in [0.15, 0.2) is 0 Å². The van der Waals surface area contributed by atoms with Crippen molar-refractivity contribution in [3.8, 4) is 11.1 Å². The number of Topliss-reactive ketones (excluding diaryl/α,β-unsaturated/α-hetero) is 1. The van der Waals surface area contributed by atoms with E-state index in [1.165, 1.54) is 22.3 Å². The molecule has 1 aliphatic carbocycles. The second-order valence-corrected chi connectivity index (χ2v) is 10.1. The molecule has 2 aromatic carbocycles. The van der Waals surface area contributed by atoms with Crippen LogP contribution in [0.3, 0.4) is 0 Å². The zero-order valence-electron chi connectivity index (χ0n) is 19.8. The highest BCUT2D eigenvalue weighted by molar-refractivity contribution is 5.82. The minimum atomic E-state index is -0.199. The summed E-state index contributed by atoms with van der Waals surface area (Å²) in [5.41, 5.74) is 4.96. The molecule has 33 heavy (non-hydrogen) atoms. The normalized spacial score (nSPS) is 23.5. The van der Waals surface area contributed by atoms with Gasteiger partial charge in [0.2, 0.25) is 0 Å². The molecule has 0 saturated carbocycles. The molecule has 5 rings (SSSR count). The number of hydrogen-bond acceptors (Lipinski definition) is 3. The van der Waals surface area contributed by atoms with Gasteiger partial charge in [-0.2, -0.15) is 0 Å². The summed E-state index contributed by atoms with van der Waals surface area (Å²) in [5.74, 6) is 1.10. The molecule has 2 heterocycles. The van der Waals surface area contributed by atoms with Crippen molar-refractivity contribution in [1.29, 1.82) is 0 Å². The molecule has 2 unspecified atom stereocenters. The Bertz CT molecular complexity index is 968. The Balaban J connectivity index is 1.24. The first-order valence-corrected chi connectivity index (χ1v) is 12.8. The Labute approximate surface area is 197 Å². The van der Waals surface area contributed by atoms with E-state index in [9.17, 15) is 9.59 Å². The first kappa shape index (κ1) is 22.2. The van der Waals surface area contributed by atoms with E-state index in [4.69, 9.17) is 4.74 Å². The van der Waals surface area contributed by atoms with Crippen molar-refractivity contribution in [2.45, 2.75) is 76.8 Å². The predicted octanol–water partition coefficient (Wildman–Crippen LogP) is 6.57. The van der Waals surface area contributed by atoms with Crippen LogP contribution in [0.25, 0.3) is 11.1 Å². The summed E-state index contributed by atoms with van der Waals surface area (Å²) in [4.78, 5) is 28.1. The fourth-order valence-electron chi connectivity index (χ4n) is 6.44. The molecule has 4 heteroatoms. The van der Waals surface area contributed by atoms with Gasteiger partial charge in [0.05, 0.1) is 0 Å². The quantitative estimate of drug-likeness (QED) is 0.484. The summed E-state index contributed by atoms with van der Waals surface area (Å²) in [5, 5.41) is 0. The van der Waals surface area contributed by atoms with Crippen LogP contribution in [0.15, 0.2) is 48.5 Å². The molecule has 0 N–H and O–H groups in total. The maximum atomic E-state index is 13.2. The molecule has 3 aliphatic rings. The van der Waals surface area contributed by atoms with E-state index >= 15 is 0 Å². The monoisotopic (exact) mass is 445 g/mol. The SMILES string of the molecule is CCC(CC)CC(=O)C1CC2CCC(C1)N2C(=O)OCC1c2ccccc2-c2ccccc21. The molecular weight excluding hydrogens is 410 g/mol. The molecule has 1 amide bonds. The van der Waals surface area contributed by atoms with Crippen LogP contribution in [0, 0.1) is 11.8 Å². The highest BCUT2D eigenvalue weighted by atomic mass is 16.6. The second-order valence-electron chi connectivity index (χ2n) is 10.1.